The Morgan fingerprint density at radius 2 is 1.81 bits per heavy atom. The number of carbonyl (C=O) groups is 1. The lowest BCUT2D eigenvalue weighted by atomic mass is 10.2. The molecule has 1 saturated carbocycles. The minimum atomic E-state index is 0. The van der Waals surface area contributed by atoms with Gasteiger partial charge in [0.05, 0.1) is 14.2 Å². The maximum Gasteiger partial charge on any atom is 0.220 e. The smallest absolute Gasteiger partial charge is 0.220 e. The first-order valence-electron chi connectivity index (χ1n) is 10.9. The molecule has 2 fully saturated rings. The number of methoxy groups -OCH3 is 2. The molecule has 1 saturated heterocycles. The molecule has 9 heteroatoms. The van der Waals surface area contributed by atoms with Crippen LogP contribution in [-0.2, 0) is 4.79 Å². The summed E-state index contributed by atoms with van der Waals surface area (Å²) < 4.78 is 10.8. The van der Waals surface area contributed by atoms with Crippen molar-refractivity contribution in [2.75, 3.05) is 45.3 Å². The predicted octanol–water partition coefficient (Wildman–Crippen LogP) is 2.51. The van der Waals surface area contributed by atoms with Crippen molar-refractivity contribution >= 4 is 41.5 Å². The second-order valence-corrected chi connectivity index (χ2v) is 7.85. The molecular weight excluding hydrogens is 509 g/mol. The molecule has 2 aliphatic rings. The highest BCUT2D eigenvalue weighted by Gasteiger charge is 2.25. The highest BCUT2D eigenvalue weighted by Crippen LogP contribution is 2.30. The van der Waals surface area contributed by atoms with E-state index >= 15 is 0 Å². The molecule has 1 aromatic rings. The summed E-state index contributed by atoms with van der Waals surface area (Å²) in [4.78, 5) is 18.8. The first-order chi connectivity index (χ1) is 14.6. The molecule has 3 rings (SSSR count). The zero-order valence-corrected chi connectivity index (χ0v) is 21.1. The van der Waals surface area contributed by atoms with Crippen LogP contribution in [0.1, 0.15) is 39.0 Å². The molecule has 3 N–H and O–H groups in total. The van der Waals surface area contributed by atoms with E-state index < -0.39 is 0 Å². The number of nitrogens with zero attached hydrogens (tertiary/aromatic N) is 2. The second-order valence-electron chi connectivity index (χ2n) is 7.85. The van der Waals surface area contributed by atoms with Crippen LogP contribution < -0.4 is 30.3 Å². The van der Waals surface area contributed by atoms with Crippen LogP contribution in [-0.4, -0.2) is 64.3 Å². The van der Waals surface area contributed by atoms with E-state index in [1.54, 1.807) is 14.2 Å². The van der Waals surface area contributed by atoms with Gasteiger partial charge in [-0.1, -0.05) is 0 Å². The number of halogens is 1. The number of ether oxygens (including phenoxy) is 2. The third-order valence-electron chi connectivity index (χ3n) is 5.35. The molecule has 1 atom stereocenters. The second kappa shape index (κ2) is 12.8. The van der Waals surface area contributed by atoms with Crippen LogP contribution in [0.3, 0.4) is 0 Å². The minimum Gasteiger partial charge on any atom is -0.497 e. The average Bonchev–Trinajstić information content (AvgIpc) is 3.44. The topological polar surface area (TPSA) is 87.2 Å². The number of anilines is 1. The zero-order chi connectivity index (χ0) is 21.3. The van der Waals surface area contributed by atoms with Gasteiger partial charge >= 0.3 is 0 Å². The monoisotopic (exact) mass is 545 g/mol. The van der Waals surface area contributed by atoms with E-state index in [0.29, 0.717) is 25.0 Å². The van der Waals surface area contributed by atoms with Crippen LogP contribution >= 0.6 is 24.0 Å². The molecule has 174 valence electrons. The van der Waals surface area contributed by atoms with Crippen LogP contribution in [0.4, 0.5) is 5.69 Å². The summed E-state index contributed by atoms with van der Waals surface area (Å²) in [6.45, 7) is 5.33. The summed E-state index contributed by atoms with van der Waals surface area (Å²) in [5.74, 6) is 2.55. The quantitative estimate of drug-likeness (QED) is 0.181. The Bertz CT molecular complexity index is 720. The number of amides is 1. The molecule has 0 radical (unpaired) electrons. The van der Waals surface area contributed by atoms with Gasteiger partial charge in [0.25, 0.3) is 0 Å². The van der Waals surface area contributed by atoms with Crippen LogP contribution in [0.2, 0.25) is 0 Å². The molecule has 1 unspecified atom stereocenters. The maximum absolute atomic E-state index is 11.8. The van der Waals surface area contributed by atoms with Crippen LogP contribution in [0.5, 0.6) is 11.5 Å². The third-order valence-corrected chi connectivity index (χ3v) is 5.35. The standard InChI is InChI=1S/C22H35N5O3.HI/c1-4-23-22(24-10-5-6-21(28)25-16-7-8-16)26-17-9-11-27(15-17)18-12-19(29-2)14-20(13-18)30-3;/h12-14,16-17H,4-11,15H2,1-3H3,(H,25,28)(H2,23,24,26);1H. The number of guanidine groups is 1. The van der Waals surface area contributed by atoms with E-state index in [1.807, 2.05) is 18.2 Å². The SMILES string of the molecule is CCNC(=NCCCC(=O)NC1CC1)NC1CCN(c2cc(OC)cc(OC)c2)C1.I. The first kappa shape index (κ1) is 25.4. The number of aliphatic imine (C=N–C) groups is 1. The van der Waals surface area contributed by atoms with Crippen LogP contribution in [0.25, 0.3) is 0 Å². The lowest BCUT2D eigenvalue weighted by molar-refractivity contribution is -0.121. The van der Waals surface area contributed by atoms with Crippen molar-refractivity contribution in [3.8, 4) is 11.5 Å². The zero-order valence-electron chi connectivity index (χ0n) is 18.8. The third kappa shape index (κ3) is 8.27. The lowest BCUT2D eigenvalue weighted by Crippen LogP contribution is -2.44. The fourth-order valence-corrected chi connectivity index (χ4v) is 3.56. The Hall–Kier alpha value is -1.91. The summed E-state index contributed by atoms with van der Waals surface area (Å²) in [5, 5.41) is 9.87. The van der Waals surface area contributed by atoms with Crippen molar-refractivity contribution in [2.24, 2.45) is 4.99 Å². The predicted molar refractivity (Wildman–Crippen MR) is 135 cm³/mol. The molecule has 0 aromatic heterocycles. The van der Waals surface area contributed by atoms with E-state index in [1.165, 1.54) is 0 Å². The number of rotatable bonds is 10. The number of carbonyl (C=O) groups excluding carboxylic acids is 1. The molecule has 0 bridgehead atoms. The van der Waals surface area contributed by atoms with E-state index in [0.717, 1.165) is 68.5 Å². The summed E-state index contributed by atoms with van der Waals surface area (Å²) in [7, 11) is 3.34. The van der Waals surface area contributed by atoms with Gasteiger partial charge in [-0.2, -0.15) is 0 Å². The highest BCUT2D eigenvalue weighted by atomic mass is 127. The van der Waals surface area contributed by atoms with E-state index in [4.69, 9.17) is 9.47 Å². The Morgan fingerprint density at radius 3 is 2.42 bits per heavy atom. The summed E-state index contributed by atoms with van der Waals surface area (Å²) >= 11 is 0. The van der Waals surface area contributed by atoms with Gasteiger partial charge in [-0.15, -0.1) is 24.0 Å². The van der Waals surface area contributed by atoms with E-state index in [-0.39, 0.29) is 29.9 Å². The normalized spacial score (nSPS) is 18.2. The van der Waals surface area contributed by atoms with Crippen molar-refractivity contribution in [3.05, 3.63) is 18.2 Å². The Labute approximate surface area is 202 Å². The Morgan fingerprint density at radius 1 is 1.10 bits per heavy atom. The van der Waals surface area contributed by atoms with Gasteiger partial charge in [0.1, 0.15) is 11.5 Å². The lowest BCUT2D eigenvalue weighted by Gasteiger charge is -2.21. The molecule has 31 heavy (non-hydrogen) atoms. The molecular formula is C22H36IN5O3. The molecule has 1 heterocycles. The van der Waals surface area contributed by atoms with Gasteiger partial charge < -0.3 is 30.3 Å². The Kier molecular flexibility index (Phi) is 10.5. The van der Waals surface area contributed by atoms with E-state index in [9.17, 15) is 4.79 Å². The number of nitrogens with one attached hydrogen (secondary N) is 3. The van der Waals surface area contributed by atoms with Crippen molar-refractivity contribution < 1.29 is 14.3 Å². The fourth-order valence-electron chi connectivity index (χ4n) is 3.56. The molecule has 8 nitrogen and oxygen atoms in total. The molecule has 1 aliphatic heterocycles. The van der Waals surface area contributed by atoms with Gasteiger partial charge in [-0.25, -0.2) is 0 Å². The summed E-state index contributed by atoms with van der Waals surface area (Å²) in [5.41, 5.74) is 1.10. The van der Waals surface area contributed by atoms with Gasteiger partial charge in [0, 0.05) is 68.6 Å². The molecule has 1 amide bonds. The van der Waals surface area contributed by atoms with Gasteiger partial charge in [0.2, 0.25) is 5.91 Å². The number of hydrogen-bond acceptors (Lipinski definition) is 5. The first-order valence-corrected chi connectivity index (χ1v) is 10.9. The van der Waals surface area contributed by atoms with Crippen molar-refractivity contribution in [2.45, 2.75) is 51.1 Å². The van der Waals surface area contributed by atoms with E-state index in [2.05, 4.69) is 32.8 Å². The van der Waals surface area contributed by atoms with Gasteiger partial charge in [-0.05, 0) is 32.6 Å². The summed E-state index contributed by atoms with van der Waals surface area (Å²) in [6, 6.07) is 6.69. The average molecular weight is 545 g/mol. The number of benzene rings is 1. The van der Waals surface area contributed by atoms with Crippen molar-refractivity contribution in [1.29, 1.82) is 0 Å². The summed E-state index contributed by atoms with van der Waals surface area (Å²) in [6.07, 6.45) is 4.57. The molecule has 1 aliphatic carbocycles. The highest BCUT2D eigenvalue weighted by molar-refractivity contribution is 14.0. The maximum atomic E-state index is 11.8. The van der Waals surface area contributed by atoms with Crippen LogP contribution in [0, 0.1) is 0 Å². The molecule has 0 spiro atoms. The van der Waals surface area contributed by atoms with Crippen molar-refractivity contribution in [3.63, 3.8) is 0 Å². The minimum absolute atomic E-state index is 0. The number of hydrogen-bond donors (Lipinski definition) is 3. The largest absolute Gasteiger partial charge is 0.497 e. The fraction of sp³-hybridized carbons (Fsp3) is 0.636. The molecule has 1 aromatic carbocycles. The Balaban J connectivity index is 0.00000341. The van der Waals surface area contributed by atoms with Gasteiger partial charge in [0.15, 0.2) is 5.96 Å². The van der Waals surface area contributed by atoms with Crippen molar-refractivity contribution in [1.82, 2.24) is 16.0 Å². The van der Waals surface area contributed by atoms with Gasteiger partial charge in [-0.3, -0.25) is 9.79 Å². The van der Waals surface area contributed by atoms with Crippen LogP contribution in [0.15, 0.2) is 23.2 Å².